The van der Waals surface area contributed by atoms with Crippen LogP contribution in [0, 0.1) is 17.6 Å². The van der Waals surface area contributed by atoms with Gasteiger partial charge in [-0.25, -0.2) is 8.78 Å². The summed E-state index contributed by atoms with van der Waals surface area (Å²) in [6, 6.07) is 3.55. The number of halogens is 2. The number of Topliss-reactive ketones (excluding diaryl/α,β-unsaturated/α-hetero) is 1. The summed E-state index contributed by atoms with van der Waals surface area (Å²) in [4.78, 5) is 11.0. The summed E-state index contributed by atoms with van der Waals surface area (Å²) in [5.74, 6) is -0.147. The summed E-state index contributed by atoms with van der Waals surface area (Å²) in [6.45, 7) is 0. The highest BCUT2D eigenvalue weighted by Crippen LogP contribution is 2.26. The van der Waals surface area contributed by atoms with E-state index in [-0.39, 0.29) is 11.6 Å². The number of carbonyl (C=O) groups excluding carboxylic acids is 1. The zero-order valence-corrected chi connectivity index (χ0v) is 9.01. The fraction of sp³-hybridized carbons (Fsp3) is 0.462. The lowest BCUT2D eigenvalue weighted by Gasteiger charge is -2.20. The van der Waals surface area contributed by atoms with Crippen molar-refractivity contribution in [1.82, 2.24) is 0 Å². The van der Waals surface area contributed by atoms with Gasteiger partial charge in [0.2, 0.25) is 0 Å². The summed E-state index contributed by atoms with van der Waals surface area (Å²) in [5.41, 5.74) is 0.430. The Hall–Kier alpha value is -1.25. The largest absolute Gasteiger partial charge is 0.300 e. The van der Waals surface area contributed by atoms with Crippen molar-refractivity contribution in [2.45, 2.75) is 32.1 Å². The molecule has 0 aromatic heterocycles. The number of benzene rings is 1. The quantitative estimate of drug-likeness (QED) is 0.753. The van der Waals surface area contributed by atoms with Gasteiger partial charge in [-0.2, -0.15) is 0 Å². The lowest BCUT2D eigenvalue weighted by molar-refractivity contribution is -0.121. The van der Waals surface area contributed by atoms with Crippen LogP contribution in [0.1, 0.15) is 31.2 Å². The first-order valence-corrected chi connectivity index (χ1v) is 5.61. The van der Waals surface area contributed by atoms with Crippen molar-refractivity contribution in [3.8, 4) is 0 Å². The van der Waals surface area contributed by atoms with Crippen LogP contribution in [-0.2, 0) is 11.2 Å². The molecule has 0 unspecified atom stereocenters. The van der Waals surface area contributed by atoms with Gasteiger partial charge >= 0.3 is 0 Å². The van der Waals surface area contributed by atoms with Crippen LogP contribution in [-0.4, -0.2) is 5.78 Å². The van der Waals surface area contributed by atoms with E-state index < -0.39 is 5.82 Å². The van der Waals surface area contributed by atoms with E-state index in [4.69, 9.17) is 0 Å². The first-order chi connectivity index (χ1) is 7.65. The van der Waals surface area contributed by atoms with Crippen molar-refractivity contribution in [3.05, 3.63) is 35.4 Å². The molecule has 1 nitrogen and oxygen atoms in total. The SMILES string of the molecule is O=C1CCC(Cc2cc(F)ccc2F)CC1. The van der Waals surface area contributed by atoms with Gasteiger partial charge in [-0.1, -0.05) is 0 Å². The Morgan fingerprint density at radius 1 is 1.19 bits per heavy atom. The van der Waals surface area contributed by atoms with Gasteiger partial charge in [0.05, 0.1) is 0 Å². The third kappa shape index (κ3) is 2.65. The highest BCUT2D eigenvalue weighted by atomic mass is 19.1. The molecule has 16 heavy (non-hydrogen) atoms. The number of hydrogen-bond donors (Lipinski definition) is 0. The monoisotopic (exact) mass is 224 g/mol. The molecule has 0 bridgehead atoms. The van der Waals surface area contributed by atoms with Crippen molar-refractivity contribution >= 4 is 5.78 Å². The van der Waals surface area contributed by atoms with Gasteiger partial charge in [0.1, 0.15) is 17.4 Å². The van der Waals surface area contributed by atoms with Crippen molar-refractivity contribution in [1.29, 1.82) is 0 Å². The van der Waals surface area contributed by atoms with Gasteiger partial charge in [-0.15, -0.1) is 0 Å². The summed E-state index contributed by atoms with van der Waals surface area (Å²) < 4.78 is 26.3. The normalized spacial score (nSPS) is 17.8. The van der Waals surface area contributed by atoms with Crippen LogP contribution in [0.25, 0.3) is 0 Å². The van der Waals surface area contributed by atoms with E-state index in [1.165, 1.54) is 12.1 Å². The molecule has 0 amide bonds. The minimum atomic E-state index is -0.400. The molecule has 0 aliphatic heterocycles. The minimum Gasteiger partial charge on any atom is -0.300 e. The maximum absolute atomic E-state index is 13.4. The first-order valence-electron chi connectivity index (χ1n) is 5.61. The molecule has 0 heterocycles. The lowest BCUT2D eigenvalue weighted by atomic mass is 9.84. The zero-order valence-electron chi connectivity index (χ0n) is 9.01. The fourth-order valence-electron chi connectivity index (χ4n) is 2.21. The molecule has 0 saturated heterocycles. The first kappa shape index (κ1) is 11.2. The molecule has 1 saturated carbocycles. The van der Waals surface area contributed by atoms with Gasteiger partial charge in [-0.3, -0.25) is 4.79 Å². The van der Waals surface area contributed by atoms with Crippen LogP contribution in [0.15, 0.2) is 18.2 Å². The molecule has 1 aliphatic carbocycles. The van der Waals surface area contributed by atoms with E-state index in [1.807, 2.05) is 0 Å². The van der Waals surface area contributed by atoms with Gasteiger partial charge < -0.3 is 0 Å². The molecule has 2 rings (SSSR count). The van der Waals surface area contributed by atoms with Crippen LogP contribution in [0.3, 0.4) is 0 Å². The highest BCUT2D eigenvalue weighted by molar-refractivity contribution is 5.79. The molecule has 3 heteroatoms. The molecule has 1 aromatic rings. The Morgan fingerprint density at radius 2 is 1.88 bits per heavy atom. The number of ketones is 1. The summed E-state index contributed by atoms with van der Waals surface area (Å²) in [6.07, 6.45) is 3.31. The fourth-order valence-corrected chi connectivity index (χ4v) is 2.21. The third-order valence-electron chi connectivity index (χ3n) is 3.18. The second kappa shape index (κ2) is 4.73. The van der Waals surface area contributed by atoms with E-state index in [9.17, 15) is 13.6 Å². The average molecular weight is 224 g/mol. The van der Waals surface area contributed by atoms with Crippen LogP contribution in [0.4, 0.5) is 8.78 Å². The lowest BCUT2D eigenvalue weighted by Crippen LogP contribution is -2.16. The predicted molar refractivity (Wildman–Crippen MR) is 57.0 cm³/mol. The Kier molecular flexibility index (Phi) is 3.32. The van der Waals surface area contributed by atoms with Crippen molar-refractivity contribution in [2.75, 3.05) is 0 Å². The van der Waals surface area contributed by atoms with E-state index >= 15 is 0 Å². The average Bonchev–Trinajstić information content (AvgIpc) is 2.27. The molecule has 1 aromatic carbocycles. The Labute approximate surface area is 93.5 Å². The standard InChI is InChI=1S/C13H14F2O/c14-11-3-6-13(15)10(8-11)7-9-1-4-12(16)5-2-9/h3,6,8-9H,1-2,4-5,7H2. The second-order valence-electron chi connectivity index (χ2n) is 4.42. The maximum Gasteiger partial charge on any atom is 0.132 e. The summed E-state index contributed by atoms with van der Waals surface area (Å²) >= 11 is 0. The number of carbonyl (C=O) groups is 1. The number of hydrogen-bond acceptors (Lipinski definition) is 1. The molecule has 1 fully saturated rings. The molecule has 86 valence electrons. The van der Waals surface area contributed by atoms with Gasteiger partial charge in [0, 0.05) is 12.8 Å². The van der Waals surface area contributed by atoms with E-state index in [0.717, 1.165) is 18.9 Å². The van der Waals surface area contributed by atoms with Crippen molar-refractivity contribution < 1.29 is 13.6 Å². The molecule has 1 aliphatic rings. The van der Waals surface area contributed by atoms with E-state index in [2.05, 4.69) is 0 Å². The van der Waals surface area contributed by atoms with Gasteiger partial charge in [0.15, 0.2) is 0 Å². The summed E-state index contributed by atoms with van der Waals surface area (Å²) in [5, 5.41) is 0. The van der Waals surface area contributed by atoms with Crippen molar-refractivity contribution in [3.63, 3.8) is 0 Å². The van der Waals surface area contributed by atoms with E-state index in [1.54, 1.807) is 0 Å². The van der Waals surface area contributed by atoms with Crippen molar-refractivity contribution in [2.24, 2.45) is 5.92 Å². The molecular weight excluding hydrogens is 210 g/mol. The molecule has 0 spiro atoms. The Bertz CT molecular complexity index is 391. The maximum atomic E-state index is 13.4. The Morgan fingerprint density at radius 3 is 2.56 bits per heavy atom. The van der Waals surface area contributed by atoms with Crippen LogP contribution in [0.5, 0.6) is 0 Å². The summed E-state index contributed by atoms with van der Waals surface area (Å²) in [7, 11) is 0. The Balaban J connectivity index is 2.03. The van der Waals surface area contributed by atoms with Gasteiger partial charge in [0.25, 0.3) is 0 Å². The predicted octanol–water partition coefficient (Wildman–Crippen LogP) is 3.27. The highest BCUT2D eigenvalue weighted by Gasteiger charge is 2.20. The van der Waals surface area contributed by atoms with E-state index in [0.29, 0.717) is 30.7 Å². The molecule has 0 radical (unpaired) electrons. The number of rotatable bonds is 2. The molecule has 0 N–H and O–H groups in total. The topological polar surface area (TPSA) is 17.1 Å². The smallest absolute Gasteiger partial charge is 0.132 e. The molecular formula is C13H14F2O. The minimum absolute atomic E-state index is 0.288. The van der Waals surface area contributed by atoms with Crippen LogP contribution >= 0.6 is 0 Å². The van der Waals surface area contributed by atoms with Crippen LogP contribution in [0.2, 0.25) is 0 Å². The zero-order chi connectivity index (χ0) is 11.5. The third-order valence-corrected chi connectivity index (χ3v) is 3.18. The van der Waals surface area contributed by atoms with Gasteiger partial charge in [-0.05, 0) is 48.9 Å². The van der Waals surface area contributed by atoms with Crippen LogP contribution < -0.4 is 0 Å². The molecule has 0 atom stereocenters. The second-order valence-corrected chi connectivity index (χ2v) is 4.42.